The highest BCUT2D eigenvalue weighted by Gasteiger charge is 2.24. The summed E-state index contributed by atoms with van der Waals surface area (Å²) >= 11 is 0. The van der Waals surface area contributed by atoms with Crippen molar-refractivity contribution in [2.24, 2.45) is 0 Å². The van der Waals surface area contributed by atoms with E-state index >= 15 is 0 Å². The number of aryl methyl sites for hydroxylation is 1. The summed E-state index contributed by atoms with van der Waals surface area (Å²) in [5.41, 5.74) is 3.14. The van der Waals surface area contributed by atoms with Gasteiger partial charge in [0.2, 0.25) is 0 Å². The zero-order valence-electron chi connectivity index (χ0n) is 9.73. The molecule has 1 atom stereocenters. The van der Waals surface area contributed by atoms with Crippen molar-refractivity contribution in [1.82, 2.24) is 10.2 Å². The van der Waals surface area contributed by atoms with Gasteiger partial charge >= 0.3 is 0 Å². The molecule has 16 heavy (non-hydrogen) atoms. The average Bonchev–Trinajstić information content (AvgIpc) is 2.39. The third-order valence-corrected chi connectivity index (χ3v) is 3.93. The quantitative estimate of drug-likeness (QED) is 0.693. The first-order chi connectivity index (χ1) is 7.93. The highest BCUT2D eigenvalue weighted by Crippen LogP contribution is 2.24. The summed E-state index contributed by atoms with van der Waals surface area (Å²) in [6, 6.07) is 9.70. The first kappa shape index (κ1) is 10.3. The molecule has 1 aromatic rings. The maximum atomic E-state index is 4.42. The summed E-state index contributed by atoms with van der Waals surface area (Å²) in [5, 5.41) is 4.42. The van der Waals surface area contributed by atoms with Crippen LogP contribution in [0.15, 0.2) is 24.3 Å². The molecule has 1 aliphatic carbocycles. The molecule has 85 valence electrons. The Bertz CT molecular complexity index is 356. The number of hydrogen-bond acceptors (Lipinski definition) is 1. The van der Waals surface area contributed by atoms with Crippen molar-refractivity contribution in [2.75, 3.05) is 26.2 Å². The number of rotatable bonds is 1. The van der Waals surface area contributed by atoms with Gasteiger partial charge in [0, 0.05) is 32.2 Å². The maximum Gasteiger partial charge on any atom is 0.0261 e. The van der Waals surface area contributed by atoms with Gasteiger partial charge in [0.15, 0.2) is 0 Å². The molecular formula is C14H19N2. The van der Waals surface area contributed by atoms with E-state index in [0.29, 0.717) is 0 Å². The summed E-state index contributed by atoms with van der Waals surface area (Å²) in [5.74, 6) is 0. The lowest BCUT2D eigenvalue weighted by atomic mass is 9.87. The average molecular weight is 215 g/mol. The fourth-order valence-corrected chi connectivity index (χ4v) is 2.98. The molecule has 0 saturated carbocycles. The maximum absolute atomic E-state index is 4.42. The zero-order chi connectivity index (χ0) is 10.8. The SMILES string of the molecule is c1ccc2c(c1)CCC(N1CC[N]CC1)C2. The van der Waals surface area contributed by atoms with Gasteiger partial charge in [0.25, 0.3) is 0 Å². The summed E-state index contributed by atoms with van der Waals surface area (Å²) in [4.78, 5) is 2.64. The van der Waals surface area contributed by atoms with E-state index in [9.17, 15) is 0 Å². The van der Waals surface area contributed by atoms with E-state index in [4.69, 9.17) is 0 Å². The highest BCUT2D eigenvalue weighted by atomic mass is 15.2. The van der Waals surface area contributed by atoms with Crippen LogP contribution in [-0.2, 0) is 12.8 Å². The minimum atomic E-state index is 0.769. The molecule has 0 bridgehead atoms. The molecule has 2 nitrogen and oxygen atoms in total. The van der Waals surface area contributed by atoms with Crippen LogP contribution >= 0.6 is 0 Å². The topological polar surface area (TPSA) is 17.3 Å². The Balaban J connectivity index is 1.72. The highest BCUT2D eigenvalue weighted by molar-refractivity contribution is 5.30. The molecule has 1 unspecified atom stereocenters. The summed E-state index contributed by atoms with van der Waals surface area (Å²) in [6.45, 7) is 4.43. The van der Waals surface area contributed by atoms with Gasteiger partial charge in [-0.2, -0.15) is 0 Å². The standard InChI is InChI=1S/C14H19N2/c1-2-4-13-11-14(6-5-12(13)3-1)16-9-7-15-8-10-16/h1-4,14H,5-11H2. The minimum Gasteiger partial charge on any atom is -0.297 e. The van der Waals surface area contributed by atoms with Crippen molar-refractivity contribution in [3.05, 3.63) is 35.4 Å². The molecular weight excluding hydrogens is 196 g/mol. The third-order valence-electron chi connectivity index (χ3n) is 3.93. The van der Waals surface area contributed by atoms with Crippen LogP contribution in [0.2, 0.25) is 0 Å². The van der Waals surface area contributed by atoms with Crippen molar-refractivity contribution in [2.45, 2.75) is 25.3 Å². The zero-order valence-corrected chi connectivity index (χ0v) is 9.73. The number of nitrogens with zero attached hydrogens (tertiary/aromatic N) is 2. The van der Waals surface area contributed by atoms with Gasteiger partial charge in [0.05, 0.1) is 0 Å². The third kappa shape index (κ3) is 2.00. The van der Waals surface area contributed by atoms with Crippen LogP contribution < -0.4 is 5.32 Å². The van der Waals surface area contributed by atoms with Gasteiger partial charge in [-0.05, 0) is 30.4 Å². The molecule has 0 N–H and O–H groups in total. The predicted octanol–water partition coefficient (Wildman–Crippen LogP) is 1.46. The smallest absolute Gasteiger partial charge is 0.0261 e. The van der Waals surface area contributed by atoms with E-state index in [2.05, 4.69) is 34.5 Å². The number of fused-ring (bicyclic) bond motifs is 1. The largest absolute Gasteiger partial charge is 0.297 e. The second-order valence-electron chi connectivity index (χ2n) is 4.87. The molecule has 2 heteroatoms. The molecule has 0 spiro atoms. The Morgan fingerprint density at radius 3 is 2.62 bits per heavy atom. The molecule has 1 saturated heterocycles. The van der Waals surface area contributed by atoms with Crippen molar-refractivity contribution >= 4 is 0 Å². The van der Waals surface area contributed by atoms with E-state index < -0.39 is 0 Å². The van der Waals surface area contributed by atoms with Crippen LogP contribution in [0, 0.1) is 0 Å². The lowest BCUT2D eigenvalue weighted by Crippen LogP contribution is -2.48. The normalized spacial score (nSPS) is 26.4. The minimum absolute atomic E-state index is 0.769. The monoisotopic (exact) mass is 215 g/mol. The van der Waals surface area contributed by atoms with Crippen LogP contribution in [0.25, 0.3) is 0 Å². The molecule has 1 radical (unpaired) electrons. The molecule has 2 aliphatic rings. The second kappa shape index (κ2) is 4.56. The van der Waals surface area contributed by atoms with Crippen LogP contribution in [0.3, 0.4) is 0 Å². The molecule has 0 aromatic heterocycles. The van der Waals surface area contributed by atoms with Crippen molar-refractivity contribution in [3.63, 3.8) is 0 Å². The Morgan fingerprint density at radius 2 is 1.81 bits per heavy atom. The van der Waals surface area contributed by atoms with Crippen LogP contribution in [0.1, 0.15) is 17.5 Å². The molecule has 3 rings (SSSR count). The lowest BCUT2D eigenvalue weighted by Gasteiger charge is -2.37. The van der Waals surface area contributed by atoms with Crippen molar-refractivity contribution in [1.29, 1.82) is 0 Å². The van der Waals surface area contributed by atoms with E-state index in [-0.39, 0.29) is 0 Å². The molecule has 1 heterocycles. The first-order valence-corrected chi connectivity index (χ1v) is 6.37. The van der Waals surface area contributed by atoms with Gasteiger partial charge in [-0.25, -0.2) is 5.32 Å². The van der Waals surface area contributed by atoms with Crippen LogP contribution in [0.5, 0.6) is 0 Å². The van der Waals surface area contributed by atoms with Crippen molar-refractivity contribution in [3.8, 4) is 0 Å². The lowest BCUT2D eigenvalue weighted by molar-refractivity contribution is 0.158. The first-order valence-electron chi connectivity index (χ1n) is 6.37. The van der Waals surface area contributed by atoms with E-state index in [1.165, 1.54) is 32.4 Å². The van der Waals surface area contributed by atoms with Gasteiger partial charge < -0.3 is 0 Å². The van der Waals surface area contributed by atoms with Crippen LogP contribution in [-0.4, -0.2) is 37.1 Å². The van der Waals surface area contributed by atoms with Crippen LogP contribution in [0.4, 0.5) is 0 Å². The summed E-state index contributed by atoms with van der Waals surface area (Å²) in [6.07, 6.45) is 3.83. The van der Waals surface area contributed by atoms with E-state index in [1.54, 1.807) is 11.1 Å². The summed E-state index contributed by atoms with van der Waals surface area (Å²) < 4.78 is 0. The second-order valence-corrected chi connectivity index (χ2v) is 4.87. The number of benzene rings is 1. The molecule has 1 fully saturated rings. The molecule has 0 amide bonds. The van der Waals surface area contributed by atoms with E-state index in [1.807, 2.05) is 0 Å². The number of piperazine rings is 1. The Labute approximate surface area is 97.6 Å². The fourth-order valence-electron chi connectivity index (χ4n) is 2.98. The van der Waals surface area contributed by atoms with Gasteiger partial charge in [-0.15, -0.1) is 0 Å². The van der Waals surface area contributed by atoms with E-state index in [0.717, 1.165) is 19.1 Å². The van der Waals surface area contributed by atoms with Gasteiger partial charge in [0.1, 0.15) is 0 Å². The Morgan fingerprint density at radius 1 is 1.06 bits per heavy atom. The number of hydrogen-bond donors (Lipinski definition) is 0. The fraction of sp³-hybridized carbons (Fsp3) is 0.571. The summed E-state index contributed by atoms with van der Waals surface area (Å²) in [7, 11) is 0. The van der Waals surface area contributed by atoms with Gasteiger partial charge in [-0.3, -0.25) is 4.90 Å². The van der Waals surface area contributed by atoms with Gasteiger partial charge in [-0.1, -0.05) is 24.3 Å². The Kier molecular flexibility index (Phi) is 2.94. The van der Waals surface area contributed by atoms with Crippen molar-refractivity contribution < 1.29 is 0 Å². The Hall–Kier alpha value is -0.860. The molecule has 1 aliphatic heterocycles. The predicted molar refractivity (Wildman–Crippen MR) is 65.7 cm³/mol. The molecule has 1 aromatic carbocycles.